The Balaban J connectivity index is 1.39. The van der Waals surface area contributed by atoms with Crippen LogP contribution < -0.4 is 5.32 Å². The second-order valence-electron chi connectivity index (χ2n) is 8.26. The fourth-order valence-electron chi connectivity index (χ4n) is 3.59. The van der Waals surface area contributed by atoms with Crippen molar-refractivity contribution >= 4 is 46.6 Å². The third-order valence-electron chi connectivity index (χ3n) is 5.65. The minimum atomic E-state index is 0.0311. The van der Waals surface area contributed by atoms with Crippen LogP contribution in [0.15, 0.2) is 71.9 Å². The first-order valence-electron chi connectivity index (χ1n) is 11.4. The van der Waals surface area contributed by atoms with E-state index in [9.17, 15) is 4.79 Å². The number of hydrogen-bond acceptors (Lipinski definition) is 4. The minimum absolute atomic E-state index is 0.0311. The van der Waals surface area contributed by atoms with Crippen molar-refractivity contribution in [1.82, 2.24) is 14.8 Å². The fraction of sp³-hybridized carbons (Fsp3) is 0.222. The lowest BCUT2D eigenvalue weighted by Gasteiger charge is -2.11. The quantitative estimate of drug-likeness (QED) is 0.179. The van der Waals surface area contributed by atoms with Gasteiger partial charge in [-0.2, -0.15) is 0 Å². The zero-order chi connectivity index (χ0) is 24.8. The first-order valence-corrected chi connectivity index (χ1v) is 13.1. The van der Waals surface area contributed by atoms with E-state index in [4.69, 9.17) is 23.2 Å². The van der Waals surface area contributed by atoms with Gasteiger partial charge in [-0.25, -0.2) is 0 Å². The number of rotatable bonds is 9. The zero-order valence-corrected chi connectivity index (χ0v) is 21.9. The molecule has 1 N–H and O–H groups in total. The number of carbonyl (C=O) groups is 1. The number of thioether (sulfide) groups is 1. The summed E-state index contributed by atoms with van der Waals surface area (Å²) < 4.78 is 1.99. The molecule has 4 rings (SSSR count). The molecule has 1 aromatic heterocycles. The highest BCUT2D eigenvalue weighted by atomic mass is 35.5. The molecule has 0 unspecified atom stereocenters. The summed E-state index contributed by atoms with van der Waals surface area (Å²) in [6, 6.07) is 21.4. The second-order valence-corrected chi connectivity index (χ2v) is 10.1. The molecule has 5 nitrogen and oxygen atoms in total. The van der Waals surface area contributed by atoms with Gasteiger partial charge in [0, 0.05) is 23.4 Å². The lowest BCUT2D eigenvalue weighted by atomic mass is 10.1. The van der Waals surface area contributed by atoms with Crippen LogP contribution in [0, 0.1) is 13.8 Å². The van der Waals surface area contributed by atoms with Crippen LogP contribution in [0.25, 0.3) is 17.1 Å². The Morgan fingerprint density at radius 1 is 0.914 bits per heavy atom. The maximum atomic E-state index is 12.3. The molecule has 0 saturated heterocycles. The van der Waals surface area contributed by atoms with Gasteiger partial charge >= 0.3 is 0 Å². The molecule has 1 heterocycles. The van der Waals surface area contributed by atoms with Crippen LogP contribution in [0.2, 0.25) is 10.0 Å². The molecule has 8 heteroatoms. The number of carbonyl (C=O) groups excluding carboxylic acids is 1. The molecule has 0 aliphatic heterocycles. The topological polar surface area (TPSA) is 59.8 Å². The molecule has 0 fully saturated rings. The summed E-state index contributed by atoms with van der Waals surface area (Å²) in [5.74, 6) is 1.58. The average molecular weight is 526 g/mol. The highest BCUT2D eigenvalue weighted by Gasteiger charge is 2.17. The molecular weight excluding hydrogens is 499 g/mol. The number of amides is 1. The van der Waals surface area contributed by atoms with E-state index in [1.54, 1.807) is 17.8 Å². The standard InChI is InChI=1S/C27H26Cl2N4OS/c1-18-11-12-21(16-19(18)2)30-25(34)10-6-7-15-35-27-32-31-26(20-8-4-3-5-9-20)33(27)22-13-14-23(28)24(29)17-22/h3-5,8-9,11-14,16-17H,6-7,10,15H2,1-2H3,(H,30,34). The molecule has 0 radical (unpaired) electrons. The average Bonchev–Trinajstić information content (AvgIpc) is 3.27. The normalized spacial score (nSPS) is 11.0. The smallest absolute Gasteiger partial charge is 0.224 e. The summed E-state index contributed by atoms with van der Waals surface area (Å²) in [5, 5.41) is 13.6. The number of hydrogen-bond donors (Lipinski definition) is 1. The lowest BCUT2D eigenvalue weighted by molar-refractivity contribution is -0.116. The molecule has 0 saturated carbocycles. The highest BCUT2D eigenvalue weighted by Crippen LogP contribution is 2.31. The van der Waals surface area contributed by atoms with E-state index >= 15 is 0 Å². The molecule has 0 aliphatic carbocycles. The van der Waals surface area contributed by atoms with Gasteiger partial charge in [0.1, 0.15) is 0 Å². The van der Waals surface area contributed by atoms with Crippen LogP contribution in [-0.2, 0) is 4.79 Å². The van der Waals surface area contributed by atoms with E-state index in [1.807, 2.05) is 72.2 Å². The number of nitrogens with one attached hydrogen (secondary N) is 1. The summed E-state index contributed by atoms with van der Waals surface area (Å²) in [7, 11) is 0. The van der Waals surface area contributed by atoms with Crippen molar-refractivity contribution < 1.29 is 4.79 Å². The molecule has 0 bridgehead atoms. The SMILES string of the molecule is Cc1ccc(NC(=O)CCCCSc2nnc(-c3ccccc3)n2-c2ccc(Cl)c(Cl)c2)cc1C. The first-order chi connectivity index (χ1) is 16.9. The minimum Gasteiger partial charge on any atom is -0.326 e. The molecule has 35 heavy (non-hydrogen) atoms. The maximum absolute atomic E-state index is 12.3. The van der Waals surface area contributed by atoms with Crippen molar-refractivity contribution in [2.75, 3.05) is 11.1 Å². The third kappa shape index (κ3) is 6.45. The molecule has 3 aromatic carbocycles. The van der Waals surface area contributed by atoms with E-state index in [0.717, 1.165) is 46.5 Å². The van der Waals surface area contributed by atoms with Crippen molar-refractivity contribution in [3.8, 4) is 17.1 Å². The number of anilines is 1. The zero-order valence-electron chi connectivity index (χ0n) is 19.6. The predicted molar refractivity (Wildman–Crippen MR) is 146 cm³/mol. The predicted octanol–water partition coefficient (Wildman–Crippen LogP) is 7.76. The van der Waals surface area contributed by atoms with E-state index in [0.29, 0.717) is 16.5 Å². The number of aromatic nitrogens is 3. The Bertz CT molecular complexity index is 1320. The Morgan fingerprint density at radius 3 is 2.46 bits per heavy atom. The first kappa shape index (κ1) is 25.3. The number of unbranched alkanes of at least 4 members (excludes halogenated alkanes) is 1. The fourth-order valence-corrected chi connectivity index (χ4v) is 4.83. The lowest BCUT2D eigenvalue weighted by Crippen LogP contribution is -2.11. The largest absolute Gasteiger partial charge is 0.326 e. The van der Waals surface area contributed by atoms with Crippen molar-refractivity contribution in [1.29, 1.82) is 0 Å². The van der Waals surface area contributed by atoms with Gasteiger partial charge in [-0.15, -0.1) is 10.2 Å². The van der Waals surface area contributed by atoms with Gasteiger partial charge in [0.15, 0.2) is 11.0 Å². The number of benzene rings is 3. The highest BCUT2D eigenvalue weighted by molar-refractivity contribution is 7.99. The summed E-state index contributed by atoms with van der Waals surface area (Å²) in [6.45, 7) is 4.10. The van der Waals surface area contributed by atoms with Crippen molar-refractivity contribution in [2.24, 2.45) is 0 Å². The Hall–Kier alpha value is -2.80. The monoisotopic (exact) mass is 524 g/mol. The Kier molecular flexibility index (Phi) is 8.50. The van der Waals surface area contributed by atoms with Gasteiger partial charge in [0.25, 0.3) is 0 Å². The molecule has 0 aliphatic rings. The van der Waals surface area contributed by atoms with Crippen LogP contribution in [0.1, 0.15) is 30.4 Å². The number of aryl methyl sites for hydroxylation is 2. The Morgan fingerprint density at radius 2 is 1.71 bits per heavy atom. The Labute approximate surface area is 219 Å². The van der Waals surface area contributed by atoms with E-state index in [-0.39, 0.29) is 5.91 Å². The summed E-state index contributed by atoms with van der Waals surface area (Å²) in [6.07, 6.45) is 2.14. The second kappa shape index (κ2) is 11.8. The number of halogens is 2. The molecule has 0 atom stereocenters. The van der Waals surface area contributed by atoms with Gasteiger partial charge < -0.3 is 5.32 Å². The van der Waals surface area contributed by atoms with Gasteiger partial charge in [0.05, 0.1) is 15.7 Å². The summed E-state index contributed by atoms with van der Waals surface area (Å²) in [4.78, 5) is 12.3. The van der Waals surface area contributed by atoms with Crippen molar-refractivity contribution in [3.63, 3.8) is 0 Å². The summed E-state index contributed by atoms with van der Waals surface area (Å²) in [5.41, 5.74) is 5.03. The summed E-state index contributed by atoms with van der Waals surface area (Å²) >= 11 is 14.0. The molecular formula is C27H26Cl2N4OS. The van der Waals surface area contributed by atoms with Crippen molar-refractivity contribution in [2.45, 2.75) is 38.3 Å². The van der Waals surface area contributed by atoms with Gasteiger partial charge in [0.2, 0.25) is 5.91 Å². The van der Waals surface area contributed by atoms with Crippen LogP contribution in [0.5, 0.6) is 0 Å². The molecule has 4 aromatic rings. The van der Waals surface area contributed by atoms with E-state index in [2.05, 4.69) is 22.4 Å². The van der Waals surface area contributed by atoms with Crippen molar-refractivity contribution in [3.05, 3.63) is 87.9 Å². The van der Waals surface area contributed by atoms with Crippen LogP contribution in [-0.4, -0.2) is 26.4 Å². The van der Waals surface area contributed by atoms with Gasteiger partial charge in [-0.05, 0) is 68.1 Å². The van der Waals surface area contributed by atoms with Crippen LogP contribution >= 0.6 is 35.0 Å². The molecule has 0 spiro atoms. The van der Waals surface area contributed by atoms with Gasteiger partial charge in [-0.1, -0.05) is 71.4 Å². The molecule has 1 amide bonds. The van der Waals surface area contributed by atoms with Crippen LogP contribution in [0.4, 0.5) is 5.69 Å². The maximum Gasteiger partial charge on any atom is 0.224 e. The number of nitrogens with zero attached hydrogens (tertiary/aromatic N) is 3. The van der Waals surface area contributed by atoms with Gasteiger partial charge in [-0.3, -0.25) is 9.36 Å². The molecule has 180 valence electrons. The third-order valence-corrected chi connectivity index (χ3v) is 7.40. The van der Waals surface area contributed by atoms with E-state index < -0.39 is 0 Å². The van der Waals surface area contributed by atoms with E-state index in [1.165, 1.54) is 11.1 Å². The van der Waals surface area contributed by atoms with Crippen LogP contribution in [0.3, 0.4) is 0 Å².